The molecule has 1 aliphatic carbocycles. The summed E-state index contributed by atoms with van der Waals surface area (Å²) in [6.45, 7) is 0.0131. The number of hydrogen-bond donors (Lipinski definition) is 1. The van der Waals surface area contributed by atoms with Crippen molar-refractivity contribution in [2.45, 2.75) is 30.6 Å². The van der Waals surface area contributed by atoms with Crippen LogP contribution in [0.1, 0.15) is 24.1 Å². The summed E-state index contributed by atoms with van der Waals surface area (Å²) in [5.74, 6) is 0.649. The Morgan fingerprint density at radius 1 is 1.26 bits per heavy atom. The lowest BCUT2D eigenvalue weighted by molar-refractivity contribution is -0.118. The zero-order valence-corrected chi connectivity index (χ0v) is 14.0. The van der Waals surface area contributed by atoms with Crippen LogP contribution >= 0.6 is 11.8 Å². The van der Waals surface area contributed by atoms with Gasteiger partial charge in [-0.3, -0.25) is 9.78 Å². The normalized spacial score (nSPS) is 13.3. The maximum atomic E-state index is 12.2. The molecule has 0 fully saturated rings. The second-order valence-electron chi connectivity index (χ2n) is 5.48. The second kappa shape index (κ2) is 7.51. The van der Waals surface area contributed by atoms with E-state index in [9.17, 15) is 4.79 Å². The fraction of sp³-hybridized carbons (Fsp3) is 0.333. The maximum Gasteiger partial charge on any atom is 0.262 e. The van der Waals surface area contributed by atoms with E-state index >= 15 is 0 Å². The van der Waals surface area contributed by atoms with Gasteiger partial charge in [-0.2, -0.15) is 0 Å². The Hall–Kier alpha value is -2.01. The average molecular weight is 328 g/mol. The molecule has 1 aliphatic rings. The van der Waals surface area contributed by atoms with E-state index in [1.165, 1.54) is 6.42 Å². The topological polar surface area (TPSA) is 51.2 Å². The molecule has 0 saturated heterocycles. The van der Waals surface area contributed by atoms with Crippen molar-refractivity contribution in [2.24, 2.45) is 0 Å². The van der Waals surface area contributed by atoms with Crippen molar-refractivity contribution in [3.05, 3.63) is 47.8 Å². The number of fused-ring (bicyclic) bond motifs is 1. The van der Waals surface area contributed by atoms with Gasteiger partial charge in [-0.05, 0) is 50.1 Å². The summed E-state index contributed by atoms with van der Waals surface area (Å²) < 4.78 is 5.75. The van der Waals surface area contributed by atoms with Crippen molar-refractivity contribution in [2.75, 3.05) is 18.2 Å². The number of hydrogen-bond acceptors (Lipinski definition) is 4. The number of para-hydroxylation sites is 1. The summed E-state index contributed by atoms with van der Waals surface area (Å²) in [4.78, 5) is 17.6. The third kappa shape index (κ3) is 3.85. The summed E-state index contributed by atoms with van der Waals surface area (Å²) in [7, 11) is 0. The Labute approximate surface area is 140 Å². The maximum absolute atomic E-state index is 12.2. The summed E-state index contributed by atoms with van der Waals surface area (Å²) >= 11 is 1.61. The van der Waals surface area contributed by atoms with Gasteiger partial charge in [0.1, 0.15) is 5.75 Å². The molecule has 0 radical (unpaired) electrons. The average Bonchev–Trinajstić information content (AvgIpc) is 2.60. The monoisotopic (exact) mass is 328 g/mol. The number of carbonyl (C=O) groups excluding carboxylic acids is 1. The lowest BCUT2D eigenvalue weighted by Gasteiger charge is -2.18. The lowest BCUT2D eigenvalue weighted by Crippen LogP contribution is -2.21. The molecule has 1 aromatic heterocycles. The predicted molar refractivity (Wildman–Crippen MR) is 93.2 cm³/mol. The highest BCUT2D eigenvalue weighted by atomic mass is 32.2. The molecule has 1 heterocycles. The molecule has 0 aliphatic heterocycles. The van der Waals surface area contributed by atoms with E-state index < -0.39 is 0 Å². The van der Waals surface area contributed by atoms with E-state index in [0.717, 1.165) is 46.9 Å². The van der Waals surface area contributed by atoms with Gasteiger partial charge in [-0.25, -0.2) is 0 Å². The molecule has 0 atom stereocenters. The predicted octanol–water partition coefficient (Wildman–Crippen LogP) is 3.70. The molecule has 0 saturated carbocycles. The zero-order chi connectivity index (χ0) is 16.1. The molecule has 0 unspecified atom stereocenters. The van der Waals surface area contributed by atoms with Gasteiger partial charge < -0.3 is 10.1 Å². The Bertz CT molecular complexity index is 703. The molecular formula is C18H20N2O2S. The van der Waals surface area contributed by atoms with Gasteiger partial charge in [-0.15, -0.1) is 11.8 Å². The van der Waals surface area contributed by atoms with E-state index in [1.54, 1.807) is 18.0 Å². The fourth-order valence-electron chi connectivity index (χ4n) is 2.81. The van der Waals surface area contributed by atoms with Crippen LogP contribution in [0, 0.1) is 0 Å². The van der Waals surface area contributed by atoms with E-state index in [2.05, 4.69) is 10.3 Å². The highest BCUT2D eigenvalue weighted by Gasteiger charge is 2.16. The molecule has 3 rings (SSSR count). The quantitative estimate of drug-likeness (QED) is 0.850. The number of rotatable bonds is 5. The van der Waals surface area contributed by atoms with Crippen LogP contribution < -0.4 is 10.1 Å². The number of nitrogens with zero attached hydrogens (tertiary/aromatic N) is 1. The van der Waals surface area contributed by atoms with Crippen molar-refractivity contribution < 1.29 is 9.53 Å². The van der Waals surface area contributed by atoms with E-state index in [4.69, 9.17) is 4.74 Å². The summed E-state index contributed by atoms with van der Waals surface area (Å²) in [6, 6.07) is 9.61. The molecule has 5 heteroatoms. The molecule has 23 heavy (non-hydrogen) atoms. The molecule has 0 bridgehead atoms. The number of aromatic nitrogens is 1. The van der Waals surface area contributed by atoms with Gasteiger partial charge >= 0.3 is 0 Å². The first-order chi connectivity index (χ1) is 11.3. The van der Waals surface area contributed by atoms with Crippen LogP contribution in [0.25, 0.3) is 0 Å². The Kier molecular flexibility index (Phi) is 5.18. The summed E-state index contributed by atoms with van der Waals surface area (Å²) in [5, 5.41) is 2.91. The Morgan fingerprint density at radius 3 is 2.96 bits per heavy atom. The Balaban J connectivity index is 1.63. The highest BCUT2D eigenvalue weighted by Crippen LogP contribution is 2.28. The smallest absolute Gasteiger partial charge is 0.262 e. The number of nitrogens with one attached hydrogen (secondary N) is 1. The van der Waals surface area contributed by atoms with Gasteiger partial charge in [0.15, 0.2) is 6.61 Å². The minimum absolute atomic E-state index is 0.0131. The number of thioether (sulfide) groups is 1. The largest absolute Gasteiger partial charge is 0.483 e. The molecule has 2 aromatic rings. The van der Waals surface area contributed by atoms with E-state index in [0.29, 0.717) is 0 Å². The van der Waals surface area contributed by atoms with Crippen LogP contribution in [0.2, 0.25) is 0 Å². The number of pyridine rings is 1. The molecule has 1 amide bonds. The van der Waals surface area contributed by atoms with Gasteiger partial charge in [-0.1, -0.05) is 12.1 Å². The van der Waals surface area contributed by atoms with Crippen LogP contribution in [-0.4, -0.2) is 23.8 Å². The van der Waals surface area contributed by atoms with Crippen molar-refractivity contribution in [1.29, 1.82) is 0 Å². The molecule has 1 aromatic carbocycles. The standard InChI is InChI=1S/C18H20N2O2S/c1-23-17-9-5-4-8-15(17)20-18(21)12-22-16-10-11-19-14-7-3-2-6-13(14)16/h4-5,8-11H,2-3,6-7,12H2,1H3,(H,20,21). The third-order valence-corrected chi connectivity index (χ3v) is 4.73. The first-order valence-corrected chi connectivity index (χ1v) is 9.03. The first kappa shape index (κ1) is 15.9. The number of carbonyl (C=O) groups is 1. The number of aryl methyl sites for hydroxylation is 1. The van der Waals surface area contributed by atoms with Crippen LogP contribution in [0.15, 0.2) is 41.4 Å². The van der Waals surface area contributed by atoms with Crippen LogP contribution in [0.5, 0.6) is 5.75 Å². The number of anilines is 1. The van der Waals surface area contributed by atoms with Gasteiger partial charge in [0, 0.05) is 22.3 Å². The number of ether oxygens (including phenoxy) is 1. The molecule has 1 N–H and O–H groups in total. The first-order valence-electron chi connectivity index (χ1n) is 7.80. The molecule has 120 valence electrons. The molecule has 4 nitrogen and oxygen atoms in total. The number of benzene rings is 1. The third-order valence-electron chi connectivity index (χ3n) is 3.93. The van der Waals surface area contributed by atoms with Crippen molar-refractivity contribution in [1.82, 2.24) is 4.98 Å². The van der Waals surface area contributed by atoms with Gasteiger partial charge in [0.25, 0.3) is 5.91 Å². The molecule has 0 spiro atoms. The van der Waals surface area contributed by atoms with E-state index in [-0.39, 0.29) is 12.5 Å². The minimum atomic E-state index is -0.145. The lowest BCUT2D eigenvalue weighted by atomic mass is 9.95. The van der Waals surface area contributed by atoms with E-state index in [1.807, 2.05) is 36.6 Å². The van der Waals surface area contributed by atoms with Crippen molar-refractivity contribution in [3.63, 3.8) is 0 Å². The Morgan fingerprint density at radius 2 is 2.09 bits per heavy atom. The second-order valence-corrected chi connectivity index (χ2v) is 6.33. The van der Waals surface area contributed by atoms with Crippen LogP contribution in [-0.2, 0) is 17.6 Å². The van der Waals surface area contributed by atoms with Crippen LogP contribution in [0.4, 0.5) is 5.69 Å². The number of amides is 1. The molecular weight excluding hydrogens is 308 g/mol. The van der Waals surface area contributed by atoms with Crippen molar-refractivity contribution >= 4 is 23.4 Å². The summed E-state index contributed by atoms with van der Waals surface area (Å²) in [5.41, 5.74) is 3.10. The fourth-order valence-corrected chi connectivity index (χ4v) is 3.36. The van der Waals surface area contributed by atoms with Gasteiger partial charge in [0.05, 0.1) is 5.69 Å². The van der Waals surface area contributed by atoms with Crippen molar-refractivity contribution in [3.8, 4) is 5.75 Å². The zero-order valence-electron chi connectivity index (χ0n) is 13.2. The van der Waals surface area contributed by atoms with Crippen LogP contribution in [0.3, 0.4) is 0 Å². The SMILES string of the molecule is CSc1ccccc1NC(=O)COc1ccnc2c1CCCC2. The van der Waals surface area contributed by atoms with Gasteiger partial charge in [0.2, 0.25) is 0 Å². The minimum Gasteiger partial charge on any atom is -0.483 e. The highest BCUT2D eigenvalue weighted by molar-refractivity contribution is 7.98. The summed E-state index contributed by atoms with van der Waals surface area (Å²) in [6.07, 6.45) is 8.07.